The van der Waals surface area contributed by atoms with E-state index in [1.165, 1.54) is 4.31 Å². The molecule has 0 radical (unpaired) electrons. The predicted molar refractivity (Wildman–Crippen MR) is 146 cm³/mol. The predicted octanol–water partition coefficient (Wildman–Crippen LogP) is 4.95. The van der Waals surface area contributed by atoms with Crippen LogP contribution in [-0.2, 0) is 32.7 Å². The summed E-state index contributed by atoms with van der Waals surface area (Å²) in [6.07, 6.45) is 0.239. The lowest BCUT2D eigenvalue weighted by molar-refractivity contribution is -0.143. The van der Waals surface area contributed by atoms with Crippen LogP contribution in [0.3, 0.4) is 0 Å². The van der Waals surface area contributed by atoms with Crippen LogP contribution in [0.2, 0.25) is 0 Å². The van der Waals surface area contributed by atoms with Gasteiger partial charge in [-0.2, -0.15) is 17.0 Å². The number of nitrogens with zero attached hydrogens (tertiary/aromatic N) is 3. The van der Waals surface area contributed by atoms with Gasteiger partial charge in [-0.3, -0.25) is 4.79 Å². The maximum absolute atomic E-state index is 14.4. The van der Waals surface area contributed by atoms with Crippen molar-refractivity contribution < 1.29 is 40.3 Å². The summed E-state index contributed by atoms with van der Waals surface area (Å²) in [6, 6.07) is 7.60. The Morgan fingerprint density at radius 3 is 2.39 bits per heavy atom. The number of aryl methyl sites for hydroxylation is 1. The quantitative estimate of drug-likeness (QED) is 0.191. The van der Waals surface area contributed by atoms with E-state index in [9.17, 15) is 26.4 Å². The second kappa shape index (κ2) is 14.0. The lowest BCUT2D eigenvalue weighted by Gasteiger charge is -2.28. The molecule has 0 amide bonds. The van der Waals surface area contributed by atoms with Crippen molar-refractivity contribution >= 4 is 16.2 Å². The molecule has 0 fully saturated rings. The van der Waals surface area contributed by atoms with E-state index >= 15 is 0 Å². The Bertz CT molecular complexity index is 1470. The molecule has 1 aromatic heterocycles. The van der Waals surface area contributed by atoms with Crippen molar-refractivity contribution in [1.29, 1.82) is 0 Å². The topological polar surface area (TPSA) is 102 Å². The first-order valence-electron chi connectivity index (χ1n) is 13.2. The summed E-state index contributed by atoms with van der Waals surface area (Å²) in [7, 11) is -3.94. The number of hydrogen-bond acceptors (Lipinski definition) is 7. The van der Waals surface area contributed by atoms with Crippen molar-refractivity contribution in [3.8, 4) is 17.2 Å². The number of carbonyl (C=O) groups excluding carboxylic acids is 1. The van der Waals surface area contributed by atoms with Crippen LogP contribution in [0.5, 0.6) is 5.75 Å². The number of carbonyl (C=O) groups is 1. The number of esters is 1. The minimum Gasteiger partial charge on any atom is -0.493 e. The number of oxazole rings is 1. The van der Waals surface area contributed by atoms with Crippen LogP contribution in [0.4, 0.5) is 13.2 Å². The number of ether oxygens (including phenoxy) is 2. The smallest absolute Gasteiger partial charge is 0.321 e. The molecule has 41 heavy (non-hydrogen) atoms. The Morgan fingerprint density at radius 1 is 1.02 bits per heavy atom. The molecule has 3 aromatic rings. The summed E-state index contributed by atoms with van der Waals surface area (Å²) < 4.78 is 87.4. The lowest BCUT2D eigenvalue weighted by Crippen LogP contribution is -2.45. The summed E-state index contributed by atoms with van der Waals surface area (Å²) in [4.78, 5) is 16.4. The number of aromatic nitrogens is 1. The third-order valence-corrected chi connectivity index (χ3v) is 8.42. The summed E-state index contributed by atoms with van der Waals surface area (Å²) in [5.74, 6) is -3.58. The molecule has 0 atom stereocenters. The van der Waals surface area contributed by atoms with Gasteiger partial charge in [0.2, 0.25) is 5.89 Å². The van der Waals surface area contributed by atoms with Gasteiger partial charge in [-0.15, -0.1) is 0 Å². The first-order chi connectivity index (χ1) is 19.4. The first kappa shape index (κ1) is 32.1. The monoisotopic (exact) mass is 597 g/mol. The summed E-state index contributed by atoms with van der Waals surface area (Å²) in [5.41, 5.74) is 0.157. The lowest BCUT2D eigenvalue weighted by atomic mass is 10.1. The second-order valence-electron chi connectivity index (χ2n) is 9.09. The zero-order valence-electron chi connectivity index (χ0n) is 23.7. The van der Waals surface area contributed by atoms with Crippen LogP contribution in [0, 0.1) is 31.3 Å². The number of benzene rings is 2. The second-order valence-corrected chi connectivity index (χ2v) is 11.0. The molecule has 0 aliphatic carbocycles. The van der Waals surface area contributed by atoms with Gasteiger partial charge in [0.1, 0.15) is 23.9 Å². The SMILES string of the molecule is CCOC(=O)CN(Cc1cccc(OCCc2nc(-c3cc(F)c(C)c(F)c3F)oc2C)c1)S(=O)(=O)N(CC)CC. The Hall–Kier alpha value is -3.42. The van der Waals surface area contributed by atoms with Gasteiger partial charge in [-0.1, -0.05) is 26.0 Å². The maximum atomic E-state index is 14.4. The standard InChI is InChI=1S/C28H34F3N3O6S/c1-6-33(7-2)41(36,37)34(17-25(35)38-8-3)16-20-10-9-11-21(14-20)39-13-12-24-19(5)40-28(32-24)22-15-23(29)18(4)26(30)27(22)31/h9-11,14-15H,6-8,12-13,16-17H2,1-5H3. The fourth-order valence-electron chi connectivity index (χ4n) is 4.10. The van der Waals surface area contributed by atoms with E-state index in [0.29, 0.717) is 22.8 Å². The van der Waals surface area contributed by atoms with E-state index < -0.39 is 51.3 Å². The normalized spacial score (nSPS) is 11.9. The summed E-state index contributed by atoms with van der Waals surface area (Å²) in [6.45, 7) is 8.01. The summed E-state index contributed by atoms with van der Waals surface area (Å²) in [5, 5.41) is 0. The van der Waals surface area contributed by atoms with E-state index in [-0.39, 0.29) is 45.2 Å². The van der Waals surface area contributed by atoms with Crippen molar-refractivity contribution in [3.05, 3.63) is 70.4 Å². The van der Waals surface area contributed by atoms with Crippen molar-refractivity contribution in [2.75, 3.05) is 32.8 Å². The van der Waals surface area contributed by atoms with E-state index in [2.05, 4.69) is 4.98 Å². The van der Waals surface area contributed by atoms with E-state index in [0.717, 1.165) is 17.3 Å². The van der Waals surface area contributed by atoms with E-state index in [1.54, 1.807) is 52.0 Å². The van der Waals surface area contributed by atoms with Gasteiger partial charge >= 0.3 is 5.97 Å². The van der Waals surface area contributed by atoms with Crippen LogP contribution in [0.1, 0.15) is 43.4 Å². The molecule has 0 N–H and O–H groups in total. The third-order valence-electron chi connectivity index (χ3n) is 6.34. The highest BCUT2D eigenvalue weighted by Gasteiger charge is 2.30. The van der Waals surface area contributed by atoms with Gasteiger partial charge in [0.15, 0.2) is 11.6 Å². The van der Waals surface area contributed by atoms with Crippen LogP contribution < -0.4 is 4.74 Å². The Labute approximate surface area is 238 Å². The Kier molecular flexibility index (Phi) is 10.9. The van der Waals surface area contributed by atoms with Gasteiger partial charge in [-0.05, 0) is 44.5 Å². The molecule has 0 unspecified atom stereocenters. The van der Waals surface area contributed by atoms with Gasteiger partial charge < -0.3 is 13.9 Å². The number of hydrogen-bond donors (Lipinski definition) is 0. The van der Waals surface area contributed by atoms with Gasteiger partial charge in [0.05, 0.1) is 24.5 Å². The van der Waals surface area contributed by atoms with Crippen LogP contribution in [0.15, 0.2) is 34.7 Å². The fraction of sp³-hybridized carbons (Fsp3) is 0.429. The highest BCUT2D eigenvalue weighted by Crippen LogP contribution is 2.29. The zero-order chi connectivity index (χ0) is 30.3. The van der Waals surface area contributed by atoms with E-state index in [4.69, 9.17) is 13.9 Å². The summed E-state index contributed by atoms with van der Waals surface area (Å²) >= 11 is 0. The Morgan fingerprint density at radius 2 is 1.73 bits per heavy atom. The molecule has 0 bridgehead atoms. The van der Waals surface area contributed by atoms with Crippen molar-refractivity contribution in [2.45, 2.75) is 47.6 Å². The molecule has 3 rings (SSSR count). The molecule has 9 nitrogen and oxygen atoms in total. The average Bonchev–Trinajstić information content (AvgIpc) is 3.30. The minimum atomic E-state index is -3.94. The molecule has 0 aliphatic rings. The molecule has 1 heterocycles. The zero-order valence-corrected chi connectivity index (χ0v) is 24.5. The minimum absolute atomic E-state index is 0.0875. The largest absolute Gasteiger partial charge is 0.493 e. The van der Waals surface area contributed by atoms with Crippen LogP contribution in [0.25, 0.3) is 11.5 Å². The number of rotatable bonds is 14. The highest BCUT2D eigenvalue weighted by molar-refractivity contribution is 7.86. The Balaban J connectivity index is 1.72. The average molecular weight is 598 g/mol. The van der Waals surface area contributed by atoms with Crippen molar-refractivity contribution in [3.63, 3.8) is 0 Å². The van der Waals surface area contributed by atoms with Gasteiger partial charge in [-0.25, -0.2) is 18.2 Å². The molecule has 0 saturated carbocycles. The molecule has 224 valence electrons. The molecule has 0 spiro atoms. The third kappa shape index (κ3) is 7.66. The van der Waals surface area contributed by atoms with Crippen LogP contribution in [-0.4, -0.2) is 60.8 Å². The first-order valence-corrected chi connectivity index (χ1v) is 14.6. The van der Waals surface area contributed by atoms with Gasteiger partial charge in [0, 0.05) is 31.6 Å². The molecular formula is C28H34F3N3O6S. The number of halogens is 3. The molecule has 2 aromatic carbocycles. The van der Waals surface area contributed by atoms with Crippen LogP contribution >= 0.6 is 0 Å². The highest BCUT2D eigenvalue weighted by atomic mass is 32.2. The van der Waals surface area contributed by atoms with Crippen molar-refractivity contribution in [2.24, 2.45) is 0 Å². The fourth-order valence-corrected chi connectivity index (χ4v) is 5.66. The van der Waals surface area contributed by atoms with Crippen molar-refractivity contribution in [1.82, 2.24) is 13.6 Å². The van der Waals surface area contributed by atoms with E-state index in [1.807, 2.05) is 0 Å². The molecular weight excluding hydrogens is 563 g/mol. The maximum Gasteiger partial charge on any atom is 0.321 e. The molecule has 13 heteroatoms. The van der Waals surface area contributed by atoms with Gasteiger partial charge in [0.25, 0.3) is 10.2 Å². The molecule has 0 saturated heterocycles. The molecule has 0 aliphatic heterocycles.